The first-order chi connectivity index (χ1) is 16.3. The second-order valence-corrected chi connectivity index (χ2v) is 7.41. The maximum Gasteiger partial charge on any atom is 0.430 e. The number of aromatic nitrogens is 1. The Kier molecular flexibility index (Phi) is 7.49. The lowest BCUT2D eigenvalue weighted by atomic mass is 10.1. The van der Waals surface area contributed by atoms with Crippen LogP contribution >= 0.6 is 11.6 Å². The molecule has 0 aliphatic heterocycles. The minimum absolute atomic E-state index is 0.0119. The minimum atomic E-state index is -4.81. The summed E-state index contributed by atoms with van der Waals surface area (Å²) in [7, 11) is 0. The van der Waals surface area contributed by atoms with Crippen LogP contribution in [0.5, 0.6) is 0 Å². The summed E-state index contributed by atoms with van der Waals surface area (Å²) in [5.41, 5.74) is 2.95. The summed E-state index contributed by atoms with van der Waals surface area (Å²) in [6, 6.07) is 12.8. The number of carbonyl (C=O) groups is 1. The van der Waals surface area contributed by atoms with Crippen LogP contribution in [-0.4, -0.2) is 22.8 Å². The number of allylic oxidation sites excluding steroid dienone is 2. The van der Waals surface area contributed by atoms with Gasteiger partial charge < -0.3 is 11.1 Å². The van der Waals surface area contributed by atoms with E-state index in [1.807, 2.05) is 0 Å². The third kappa shape index (κ3) is 6.82. The lowest BCUT2D eigenvalue weighted by molar-refractivity contribution is -0.137. The molecule has 0 aliphatic rings. The number of halogens is 7. The molecule has 0 spiro atoms. The normalized spacial score (nSPS) is 13.0. The van der Waals surface area contributed by atoms with Crippen molar-refractivity contribution in [1.82, 2.24) is 4.98 Å². The second kappa shape index (κ2) is 10.2. The fraction of sp³-hybridized carbons (Fsp3) is 0.0870. The SMILES string of the molecule is NC(=CC(=Nc1ccccc1Cl)c1ccc(C(=O)Nc2cc(C(F)(F)F)ccn2)cc1)C(F)(F)F. The summed E-state index contributed by atoms with van der Waals surface area (Å²) < 4.78 is 77.6. The molecule has 1 aromatic heterocycles. The van der Waals surface area contributed by atoms with E-state index in [0.29, 0.717) is 12.1 Å². The Morgan fingerprint density at radius 3 is 2.20 bits per heavy atom. The number of alkyl halides is 6. The van der Waals surface area contributed by atoms with Crippen molar-refractivity contribution in [3.63, 3.8) is 0 Å². The Morgan fingerprint density at radius 1 is 0.971 bits per heavy atom. The number of aliphatic imine (C=N–C) groups is 1. The first kappa shape index (κ1) is 25.8. The zero-order chi connectivity index (χ0) is 25.8. The van der Waals surface area contributed by atoms with Crippen LogP contribution in [0, 0.1) is 0 Å². The van der Waals surface area contributed by atoms with Gasteiger partial charge in [-0.05, 0) is 42.5 Å². The first-order valence-electron chi connectivity index (χ1n) is 9.67. The van der Waals surface area contributed by atoms with Gasteiger partial charge in [0.25, 0.3) is 5.91 Å². The van der Waals surface area contributed by atoms with Crippen molar-refractivity contribution < 1.29 is 31.1 Å². The van der Waals surface area contributed by atoms with E-state index in [1.54, 1.807) is 12.1 Å². The predicted molar refractivity (Wildman–Crippen MR) is 120 cm³/mol. The molecule has 0 saturated heterocycles. The number of nitrogens with one attached hydrogen (secondary N) is 1. The van der Waals surface area contributed by atoms with Crippen LogP contribution in [0.15, 0.2) is 83.6 Å². The second-order valence-electron chi connectivity index (χ2n) is 7.00. The highest BCUT2D eigenvalue weighted by atomic mass is 35.5. The number of rotatable bonds is 5. The number of amides is 1. The van der Waals surface area contributed by atoms with Gasteiger partial charge in [0.1, 0.15) is 11.5 Å². The van der Waals surface area contributed by atoms with Crippen LogP contribution in [0.1, 0.15) is 21.5 Å². The number of hydrogen-bond acceptors (Lipinski definition) is 4. The summed E-state index contributed by atoms with van der Waals surface area (Å²) >= 11 is 6.05. The molecule has 0 fully saturated rings. The summed E-state index contributed by atoms with van der Waals surface area (Å²) in [5.74, 6) is -1.10. The van der Waals surface area contributed by atoms with Gasteiger partial charge in [0.05, 0.1) is 22.0 Å². The van der Waals surface area contributed by atoms with Gasteiger partial charge >= 0.3 is 12.4 Å². The Labute approximate surface area is 200 Å². The lowest BCUT2D eigenvalue weighted by Crippen LogP contribution is -2.21. The minimum Gasteiger partial charge on any atom is -0.395 e. The van der Waals surface area contributed by atoms with Crippen LogP contribution in [-0.2, 0) is 6.18 Å². The molecular formula is C23H15ClF6N4O. The van der Waals surface area contributed by atoms with E-state index in [1.165, 1.54) is 36.4 Å². The molecule has 0 unspecified atom stereocenters. The summed E-state index contributed by atoms with van der Waals surface area (Å²) in [6.07, 6.45) is -7.90. The fourth-order valence-corrected chi connectivity index (χ4v) is 2.92. The highest BCUT2D eigenvalue weighted by molar-refractivity contribution is 6.33. The average molecular weight is 513 g/mol. The molecule has 0 bridgehead atoms. The van der Waals surface area contributed by atoms with Gasteiger partial charge in [-0.25, -0.2) is 9.98 Å². The molecular weight excluding hydrogens is 498 g/mol. The monoisotopic (exact) mass is 512 g/mol. The molecule has 0 radical (unpaired) electrons. The van der Waals surface area contributed by atoms with E-state index in [9.17, 15) is 31.1 Å². The van der Waals surface area contributed by atoms with Crippen LogP contribution in [0.25, 0.3) is 0 Å². The quantitative estimate of drug-likeness (QED) is 0.301. The predicted octanol–water partition coefficient (Wildman–Crippen LogP) is 6.53. The van der Waals surface area contributed by atoms with Crippen molar-refractivity contribution in [3.8, 4) is 0 Å². The third-order valence-corrected chi connectivity index (χ3v) is 4.80. The number of pyridine rings is 1. The molecule has 2 aromatic carbocycles. The number of hydrogen-bond donors (Lipinski definition) is 2. The van der Waals surface area contributed by atoms with Crippen LogP contribution < -0.4 is 11.1 Å². The summed E-state index contributed by atoms with van der Waals surface area (Å²) in [5, 5.41) is 2.43. The zero-order valence-corrected chi connectivity index (χ0v) is 18.2. The van der Waals surface area contributed by atoms with E-state index in [2.05, 4.69) is 15.3 Å². The van der Waals surface area contributed by atoms with Gasteiger partial charge in [-0.15, -0.1) is 0 Å². The largest absolute Gasteiger partial charge is 0.430 e. The molecule has 3 rings (SSSR count). The van der Waals surface area contributed by atoms with Gasteiger partial charge in [0, 0.05) is 17.3 Å². The van der Waals surface area contributed by atoms with Crippen LogP contribution in [0.4, 0.5) is 37.8 Å². The topological polar surface area (TPSA) is 80.4 Å². The smallest absolute Gasteiger partial charge is 0.395 e. The Balaban J connectivity index is 1.91. The molecule has 1 amide bonds. The molecule has 3 aromatic rings. The number of benzene rings is 2. The van der Waals surface area contributed by atoms with Gasteiger partial charge in [-0.1, -0.05) is 35.9 Å². The number of nitrogens with two attached hydrogens (primary N) is 1. The van der Waals surface area contributed by atoms with Gasteiger partial charge in [0.2, 0.25) is 0 Å². The van der Waals surface area contributed by atoms with Gasteiger partial charge in [-0.3, -0.25) is 4.79 Å². The summed E-state index contributed by atoms with van der Waals surface area (Å²) in [6.45, 7) is 0. The molecule has 0 atom stereocenters. The molecule has 35 heavy (non-hydrogen) atoms. The van der Waals surface area contributed by atoms with E-state index >= 15 is 0 Å². The van der Waals surface area contributed by atoms with E-state index < -0.39 is 29.5 Å². The number of carbonyl (C=O) groups excluding carboxylic acids is 1. The number of nitrogens with zero attached hydrogens (tertiary/aromatic N) is 2. The van der Waals surface area contributed by atoms with Crippen LogP contribution in [0.3, 0.4) is 0 Å². The highest BCUT2D eigenvalue weighted by Crippen LogP contribution is 2.30. The van der Waals surface area contributed by atoms with Crippen molar-refractivity contribution in [3.05, 3.63) is 100 Å². The highest BCUT2D eigenvalue weighted by Gasteiger charge is 2.32. The van der Waals surface area contributed by atoms with Crippen molar-refractivity contribution in [2.45, 2.75) is 12.4 Å². The maximum atomic E-state index is 13.0. The van der Waals surface area contributed by atoms with Crippen molar-refractivity contribution >= 4 is 34.7 Å². The van der Waals surface area contributed by atoms with E-state index in [4.69, 9.17) is 17.3 Å². The lowest BCUT2D eigenvalue weighted by Gasteiger charge is -2.10. The van der Waals surface area contributed by atoms with Crippen LogP contribution in [0.2, 0.25) is 5.02 Å². The molecule has 0 aliphatic carbocycles. The fourth-order valence-electron chi connectivity index (χ4n) is 2.74. The maximum absolute atomic E-state index is 13.0. The van der Waals surface area contributed by atoms with Gasteiger partial charge in [-0.2, -0.15) is 26.3 Å². The molecule has 0 saturated carbocycles. The van der Waals surface area contributed by atoms with Crippen molar-refractivity contribution in [2.24, 2.45) is 10.7 Å². The first-order valence-corrected chi connectivity index (χ1v) is 10.0. The molecule has 5 nitrogen and oxygen atoms in total. The van der Waals surface area contributed by atoms with Crippen molar-refractivity contribution in [2.75, 3.05) is 5.32 Å². The summed E-state index contributed by atoms with van der Waals surface area (Å²) in [4.78, 5) is 20.3. The number of anilines is 1. The standard InChI is InChI=1S/C23H15ClF6N4O/c24-16-3-1-2-4-17(16)33-18(12-19(31)23(28,29)30)13-5-7-14(8-6-13)21(35)34-20-11-15(9-10-32-20)22(25,26)27/h1-12H,31H2,(H,32,34,35). The molecule has 12 heteroatoms. The zero-order valence-electron chi connectivity index (χ0n) is 17.5. The third-order valence-electron chi connectivity index (χ3n) is 4.48. The Morgan fingerprint density at radius 2 is 1.60 bits per heavy atom. The Bertz CT molecular complexity index is 1280. The number of para-hydroxylation sites is 1. The van der Waals surface area contributed by atoms with E-state index in [-0.39, 0.29) is 33.4 Å². The molecule has 182 valence electrons. The van der Waals surface area contributed by atoms with Crippen molar-refractivity contribution in [1.29, 1.82) is 0 Å². The molecule has 3 N–H and O–H groups in total. The molecule has 1 heterocycles. The average Bonchev–Trinajstić information content (AvgIpc) is 2.79. The van der Waals surface area contributed by atoms with E-state index in [0.717, 1.165) is 12.3 Å². The van der Waals surface area contributed by atoms with Gasteiger partial charge in [0.15, 0.2) is 0 Å². The Hall–Kier alpha value is -3.86.